The van der Waals surface area contributed by atoms with Crippen molar-refractivity contribution in [3.63, 3.8) is 0 Å². The summed E-state index contributed by atoms with van der Waals surface area (Å²) >= 11 is -0.647. The van der Waals surface area contributed by atoms with Crippen LogP contribution in [-0.4, -0.2) is 23.7 Å². The van der Waals surface area contributed by atoms with Crippen molar-refractivity contribution in [1.29, 1.82) is 5.26 Å². The van der Waals surface area contributed by atoms with E-state index >= 15 is 0 Å². The molecule has 0 spiro atoms. The SMILES string of the molecule is COC(=O)c1ccc(O)c(C#N)c1SC(F)(F)F. The number of benzene rings is 1. The van der Waals surface area contributed by atoms with E-state index < -0.39 is 45.0 Å². The Morgan fingerprint density at radius 3 is 2.56 bits per heavy atom. The molecule has 4 nitrogen and oxygen atoms in total. The van der Waals surface area contributed by atoms with E-state index in [2.05, 4.69) is 4.74 Å². The van der Waals surface area contributed by atoms with Gasteiger partial charge in [-0.05, 0) is 23.9 Å². The van der Waals surface area contributed by atoms with Crippen LogP contribution in [0.3, 0.4) is 0 Å². The highest BCUT2D eigenvalue weighted by Gasteiger charge is 2.34. The summed E-state index contributed by atoms with van der Waals surface area (Å²) in [6.07, 6.45) is 0. The first-order valence-corrected chi connectivity index (χ1v) is 5.22. The van der Waals surface area contributed by atoms with Crippen molar-refractivity contribution in [2.24, 2.45) is 0 Å². The number of phenolic OH excluding ortho intramolecular Hbond substituents is 1. The number of aromatic hydroxyl groups is 1. The lowest BCUT2D eigenvalue weighted by Crippen LogP contribution is -2.08. The molecular weight excluding hydrogens is 271 g/mol. The average molecular weight is 277 g/mol. The summed E-state index contributed by atoms with van der Waals surface area (Å²) in [7, 11) is 1.00. The number of phenols is 1. The Morgan fingerprint density at radius 1 is 1.50 bits per heavy atom. The van der Waals surface area contributed by atoms with Crippen LogP contribution in [0.1, 0.15) is 15.9 Å². The number of nitrogens with zero attached hydrogens (tertiary/aromatic N) is 1. The van der Waals surface area contributed by atoms with Crippen LogP contribution in [0, 0.1) is 11.3 Å². The highest BCUT2D eigenvalue weighted by molar-refractivity contribution is 8.00. The number of carbonyl (C=O) groups is 1. The summed E-state index contributed by atoms with van der Waals surface area (Å²) in [6, 6.07) is 3.36. The highest BCUT2D eigenvalue weighted by atomic mass is 32.2. The predicted octanol–water partition coefficient (Wildman–Crippen LogP) is 2.66. The first-order chi connectivity index (χ1) is 8.30. The van der Waals surface area contributed by atoms with Gasteiger partial charge in [0.05, 0.1) is 17.6 Å². The maximum atomic E-state index is 12.4. The van der Waals surface area contributed by atoms with Crippen LogP contribution in [0.15, 0.2) is 17.0 Å². The van der Waals surface area contributed by atoms with E-state index in [1.54, 1.807) is 0 Å². The van der Waals surface area contributed by atoms with Gasteiger partial charge < -0.3 is 9.84 Å². The van der Waals surface area contributed by atoms with Gasteiger partial charge in [0.15, 0.2) is 0 Å². The zero-order chi connectivity index (χ0) is 13.9. The maximum Gasteiger partial charge on any atom is 0.446 e. The first-order valence-electron chi connectivity index (χ1n) is 4.40. The van der Waals surface area contributed by atoms with Crippen molar-refractivity contribution in [1.82, 2.24) is 0 Å². The van der Waals surface area contributed by atoms with E-state index in [1.165, 1.54) is 6.07 Å². The number of hydrogen-bond acceptors (Lipinski definition) is 5. The van der Waals surface area contributed by atoms with Crippen molar-refractivity contribution in [3.8, 4) is 11.8 Å². The number of halogens is 3. The van der Waals surface area contributed by atoms with Gasteiger partial charge in [-0.3, -0.25) is 0 Å². The maximum absolute atomic E-state index is 12.4. The number of thioether (sulfide) groups is 1. The van der Waals surface area contributed by atoms with E-state index in [0.717, 1.165) is 19.2 Å². The second-order valence-corrected chi connectivity index (χ2v) is 4.06. The van der Waals surface area contributed by atoms with E-state index in [1.807, 2.05) is 0 Å². The van der Waals surface area contributed by atoms with Gasteiger partial charge in [-0.1, -0.05) is 0 Å². The smallest absolute Gasteiger partial charge is 0.446 e. The van der Waals surface area contributed by atoms with Gasteiger partial charge >= 0.3 is 11.5 Å². The molecule has 0 aliphatic carbocycles. The van der Waals surface area contributed by atoms with Gasteiger partial charge in [0.1, 0.15) is 17.4 Å². The zero-order valence-corrected chi connectivity index (χ0v) is 9.72. The van der Waals surface area contributed by atoms with Crippen LogP contribution in [0.25, 0.3) is 0 Å². The van der Waals surface area contributed by atoms with Gasteiger partial charge in [0.2, 0.25) is 0 Å². The Balaban J connectivity index is 3.45. The van der Waals surface area contributed by atoms with Gasteiger partial charge in [-0.25, -0.2) is 4.79 Å². The van der Waals surface area contributed by atoms with Crippen molar-refractivity contribution >= 4 is 17.7 Å². The number of ether oxygens (including phenoxy) is 1. The number of carbonyl (C=O) groups excluding carboxylic acids is 1. The molecule has 0 heterocycles. The largest absolute Gasteiger partial charge is 0.507 e. The summed E-state index contributed by atoms with van der Waals surface area (Å²) in [5, 5.41) is 18.0. The molecule has 0 aliphatic heterocycles. The quantitative estimate of drug-likeness (QED) is 0.664. The van der Waals surface area contributed by atoms with Crippen LogP contribution in [0.2, 0.25) is 0 Å². The molecule has 1 aromatic rings. The highest BCUT2D eigenvalue weighted by Crippen LogP contribution is 2.42. The molecule has 18 heavy (non-hydrogen) atoms. The van der Waals surface area contributed by atoms with Crippen LogP contribution in [0.5, 0.6) is 5.75 Å². The molecule has 1 N–H and O–H groups in total. The number of rotatable bonds is 2. The molecule has 0 bridgehead atoms. The van der Waals surface area contributed by atoms with Crippen LogP contribution in [-0.2, 0) is 4.74 Å². The molecule has 0 fully saturated rings. The minimum Gasteiger partial charge on any atom is -0.507 e. The van der Waals surface area contributed by atoms with Crippen molar-refractivity contribution in [3.05, 3.63) is 23.3 Å². The Hall–Kier alpha value is -1.88. The topological polar surface area (TPSA) is 70.3 Å². The molecule has 8 heteroatoms. The van der Waals surface area contributed by atoms with Crippen LogP contribution in [0.4, 0.5) is 13.2 Å². The minimum absolute atomic E-state index is 0.422. The summed E-state index contributed by atoms with van der Waals surface area (Å²) in [5.41, 5.74) is -5.73. The summed E-state index contributed by atoms with van der Waals surface area (Å²) < 4.78 is 41.4. The molecule has 0 atom stereocenters. The number of methoxy groups -OCH3 is 1. The van der Waals surface area contributed by atoms with Crippen LogP contribution < -0.4 is 0 Å². The zero-order valence-electron chi connectivity index (χ0n) is 8.91. The lowest BCUT2D eigenvalue weighted by atomic mass is 10.1. The summed E-state index contributed by atoms with van der Waals surface area (Å²) in [4.78, 5) is 10.6. The third kappa shape index (κ3) is 3.07. The van der Waals surface area contributed by atoms with Gasteiger partial charge in [-0.15, -0.1) is 0 Å². The monoisotopic (exact) mass is 277 g/mol. The number of nitriles is 1. The normalized spacial score (nSPS) is 10.8. The van der Waals surface area contributed by atoms with E-state index in [4.69, 9.17) is 5.26 Å². The molecule has 1 aromatic carbocycles. The fourth-order valence-corrected chi connectivity index (χ4v) is 1.92. The third-order valence-corrected chi connectivity index (χ3v) is 2.73. The number of esters is 1. The Labute approximate surface area is 104 Å². The van der Waals surface area contributed by atoms with Gasteiger partial charge in [0.25, 0.3) is 0 Å². The molecule has 0 aliphatic rings. The molecule has 0 unspecified atom stereocenters. The molecular formula is C10H6F3NO3S. The van der Waals surface area contributed by atoms with Gasteiger partial charge in [0, 0.05) is 0 Å². The predicted molar refractivity (Wildman–Crippen MR) is 56.1 cm³/mol. The third-order valence-electron chi connectivity index (χ3n) is 1.87. The Morgan fingerprint density at radius 2 is 2.11 bits per heavy atom. The standard InChI is InChI=1S/C10H6F3NO3S/c1-17-9(16)5-2-3-7(15)6(4-14)8(5)18-10(11,12)13/h2-3,15H,1H3. The number of alkyl halides is 3. The summed E-state index contributed by atoms with van der Waals surface area (Å²) in [6.45, 7) is 0. The summed E-state index contributed by atoms with van der Waals surface area (Å²) in [5.74, 6) is -1.64. The molecule has 0 saturated carbocycles. The molecule has 0 amide bonds. The molecule has 1 rings (SSSR count). The second-order valence-electron chi connectivity index (χ2n) is 2.99. The fourth-order valence-electron chi connectivity index (χ4n) is 1.17. The number of hydrogen-bond donors (Lipinski definition) is 1. The fraction of sp³-hybridized carbons (Fsp3) is 0.200. The molecule has 0 saturated heterocycles. The first kappa shape index (κ1) is 14.2. The minimum atomic E-state index is -4.69. The van der Waals surface area contributed by atoms with E-state index in [0.29, 0.717) is 0 Å². The van der Waals surface area contributed by atoms with E-state index in [-0.39, 0.29) is 0 Å². The lowest BCUT2D eigenvalue weighted by Gasteiger charge is -2.12. The van der Waals surface area contributed by atoms with Crippen molar-refractivity contribution in [2.75, 3.05) is 7.11 Å². The molecule has 0 aromatic heterocycles. The Kier molecular flexibility index (Phi) is 4.08. The average Bonchev–Trinajstić information content (AvgIpc) is 2.26. The van der Waals surface area contributed by atoms with Crippen LogP contribution >= 0.6 is 11.8 Å². The van der Waals surface area contributed by atoms with Gasteiger partial charge in [-0.2, -0.15) is 18.4 Å². The Bertz CT molecular complexity index is 522. The second kappa shape index (κ2) is 5.18. The molecule has 96 valence electrons. The lowest BCUT2D eigenvalue weighted by molar-refractivity contribution is -0.0328. The van der Waals surface area contributed by atoms with Crippen molar-refractivity contribution in [2.45, 2.75) is 10.4 Å². The molecule has 0 radical (unpaired) electrons. The van der Waals surface area contributed by atoms with Crippen molar-refractivity contribution < 1.29 is 27.8 Å². The van der Waals surface area contributed by atoms with E-state index in [9.17, 15) is 23.1 Å².